The molecule has 0 aliphatic carbocycles. The second kappa shape index (κ2) is 11.8. The van der Waals surface area contributed by atoms with Crippen molar-refractivity contribution in [2.75, 3.05) is 13.3 Å². The SMILES string of the molecule is CCCCCCCCc1ccc(CC[C@](N)(C[18F])COP(=O)(O)O)cc1. The Kier molecular flexibility index (Phi) is 10.6. The number of aryl methyl sites for hydroxylation is 2. The second-order valence-electron chi connectivity index (χ2n) is 7.09. The maximum Gasteiger partial charge on any atom is 0.469 e. The van der Waals surface area contributed by atoms with Gasteiger partial charge in [0.25, 0.3) is 0 Å². The number of benzene rings is 1. The van der Waals surface area contributed by atoms with E-state index >= 15 is 0 Å². The summed E-state index contributed by atoms with van der Waals surface area (Å²) in [6.45, 7) is 0.807. The van der Waals surface area contributed by atoms with Gasteiger partial charge in [0.2, 0.25) is 0 Å². The summed E-state index contributed by atoms with van der Waals surface area (Å²) >= 11 is 0. The first-order valence-corrected chi connectivity index (χ1v) is 10.9. The molecule has 0 spiro atoms. The standard InChI is InChI=1S/C19H33FNO4P/c1-2-3-4-5-6-7-8-17-9-11-18(12-10-17)13-14-19(21,15-20)16-25-26(22,23)24/h9-12H,2-8,13-16,21H2,1H3,(H2,22,23,24)/t19-/m0/s1/i20-1. The number of alkyl halides is 1. The maximum atomic E-state index is 13.2. The monoisotopic (exact) mass is 388 g/mol. The van der Waals surface area contributed by atoms with Gasteiger partial charge in [0.05, 0.1) is 12.1 Å². The van der Waals surface area contributed by atoms with E-state index in [4.69, 9.17) is 15.5 Å². The van der Waals surface area contributed by atoms with Crippen LogP contribution in [0.1, 0.15) is 63.0 Å². The average molecular weight is 388 g/mol. The van der Waals surface area contributed by atoms with Gasteiger partial charge in [-0.15, -0.1) is 0 Å². The highest BCUT2D eigenvalue weighted by molar-refractivity contribution is 7.46. The van der Waals surface area contributed by atoms with E-state index in [0.29, 0.717) is 6.42 Å². The van der Waals surface area contributed by atoms with Crippen LogP contribution in [-0.2, 0) is 21.9 Å². The number of hydrogen-bond acceptors (Lipinski definition) is 3. The highest BCUT2D eigenvalue weighted by Crippen LogP contribution is 2.37. The lowest BCUT2D eigenvalue weighted by molar-refractivity contribution is 0.130. The number of rotatable bonds is 14. The molecule has 0 aliphatic rings. The van der Waals surface area contributed by atoms with Crippen LogP contribution in [0.2, 0.25) is 0 Å². The van der Waals surface area contributed by atoms with E-state index in [-0.39, 0.29) is 6.42 Å². The molecular weight excluding hydrogens is 355 g/mol. The van der Waals surface area contributed by atoms with Crippen LogP contribution < -0.4 is 5.73 Å². The predicted molar refractivity (Wildman–Crippen MR) is 103 cm³/mol. The molecule has 150 valence electrons. The van der Waals surface area contributed by atoms with Gasteiger partial charge in [-0.05, 0) is 36.8 Å². The van der Waals surface area contributed by atoms with Gasteiger partial charge >= 0.3 is 7.82 Å². The van der Waals surface area contributed by atoms with Crippen molar-refractivity contribution in [1.29, 1.82) is 0 Å². The van der Waals surface area contributed by atoms with Crippen LogP contribution >= 0.6 is 7.82 Å². The van der Waals surface area contributed by atoms with E-state index in [2.05, 4.69) is 23.6 Å². The molecule has 0 aromatic heterocycles. The molecule has 0 heterocycles. The molecule has 7 heteroatoms. The molecule has 1 aromatic rings. The van der Waals surface area contributed by atoms with Gasteiger partial charge in [0.1, 0.15) is 6.67 Å². The second-order valence-corrected chi connectivity index (χ2v) is 8.33. The molecule has 5 nitrogen and oxygen atoms in total. The van der Waals surface area contributed by atoms with Crippen molar-refractivity contribution in [3.8, 4) is 0 Å². The molecule has 1 aromatic carbocycles. The van der Waals surface area contributed by atoms with Gasteiger partial charge in [0.15, 0.2) is 0 Å². The molecule has 0 bridgehead atoms. The Labute approximate surface area is 156 Å². The number of halogens is 1. The zero-order valence-corrected chi connectivity index (χ0v) is 16.6. The summed E-state index contributed by atoms with van der Waals surface area (Å²) in [4.78, 5) is 17.5. The van der Waals surface area contributed by atoms with Crippen LogP contribution in [-0.4, -0.2) is 28.6 Å². The number of phosphoric ester groups is 1. The van der Waals surface area contributed by atoms with Gasteiger partial charge in [-0.1, -0.05) is 63.3 Å². The van der Waals surface area contributed by atoms with Crippen LogP contribution in [0, 0.1) is 0 Å². The Morgan fingerprint density at radius 2 is 1.58 bits per heavy atom. The third-order valence-electron chi connectivity index (χ3n) is 4.54. The van der Waals surface area contributed by atoms with E-state index < -0.39 is 26.6 Å². The number of unbranched alkanes of at least 4 members (excludes halogenated alkanes) is 5. The Hall–Kier alpha value is -0.780. The molecule has 0 radical (unpaired) electrons. The topological polar surface area (TPSA) is 92.8 Å². The smallest absolute Gasteiger partial charge is 0.321 e. The lowest BCUT2D eigenvalue weighted by atomic mass is 9.93. The van der Waals surface area contributed by atoms with Crippen molar-refractivity contribution in [2.45, 2.75) is 70.3 Å². The summed E-state index contributed by atoms with van der Waals surface area (Å²) < 4.78 is 28.3. The van der Waals surface area contributed by atoms with E-state index in [1.165, 1.54) is 44.1 Å². The van der Waals surface area contributed by atoms with Crippen LogP contribution in [0.3, 0.4) is 0 Å². The van der Waals surface area contributed by atoms with Crippen molar-refractivity contribution in [3.05, 3.63) is 35.4 Å². The van der Waals surface area contributed by atoms with Crippen LogP contribution in [0.5, 0.6) is 0 Å². The minimum Gasteiger partial charge on any atom is -0.321 e. The van der Waals surface area contributed by atoms with Crippen molar-refractivity contribution >= 4 is 7.82 Å². The molecule has 0 amide bonds. The summed E-state index contributed by atoms with van der Waals surface area (Å²) in [6, 6.07) is 8.19. The normalized spacial score (nSPS) is 14.3. The number of hydrogen-bond donors (Lipinski definition) is 3. The van der Waals surface area contributed by atoms with Crippen LogP contribution in [0.25, 0.3) is 0 Å². The molecule has 0 unspecified atom stereocenters. The van der Waals surface area contributed by atoms with Gasteiger partial charge in [-0.25, -0.2) is 8.96 Å². The summed E-state index contributed by atoms with van der Waals surface area (Å²) in [6.07, 6.45) is 9.48. The van der Waals surface area contributed by atoms with Gasteiger partial charge in [0, 0.05) is 0 Å². The van der Waals surface area contributed by atoms with E-state index in [1.807, 2.05) is 12.1 Å². The zero-order valence-electron chi connectivity index (χ0n) is 15.7. The molecular formula is C19H33FNO4P. The quantitative estimate of drug-likeness (QED) is 0.326. The lowest BCUT2D eigenvalue weighted by Gasteiger charge is -2.26. The third kappa shape index (κ3) is 10.4. The largest absolute Gasteiger partial charge is 0.469 e. The Morgan fingerprint density at radius 1 is 1.04 bits per heavy atom. The van der Waals surface area contributed by atoms with Gasteiger partial charge < -0.3 is 15.5 Å². The summed E-state index contributed by atoms with van der Waals surface area (Å²) in [5.74, 6) is 0. The minimum atomic E-state index is -4.64. The Morgan fingerprint density at radius 3 is 2.12 bits per heavy atom. The van der Waals surface area contributed by atoms with Crippen molar-refractivity contribution in [2.24, 2.45) is 5.73 Å². The summed E-state index contributed by atoms with van der Waals surface area (Å²) in [7, 11) is -4.64. The fourth-order valence-electron chi connectivity index (χ4n) is 2.77. The maximum absolute atomic E-state index is 13.2. The van der Waals surface area contributed by atoms with Crippen molar-refractivity contribution in [3.63, 3.8) is 0 Å². The lowest BCUT2D eigenvalue weighted by Crippen LogP contribution is -2.47. The molecule has 26 heavy (non-hydrogen) atoms. The van der Waals surface area contributed by atoms with Crippen LogP contribution in [0.4, 0.5) is 4.39 Å². The Bertz CT molecular complexity index is 549. The fraction of sp³-hybridized carbons (Fsp3) is 0.684. The summed E-state index contributed by atoms with van der Waals surface area (Å²) in [5.41, 5.74) is 6.78. The first-order chi connectivity index (χ1) is 12.3. The van der Waals surface area contributed by atoms with E-state index in [1.54, 1.807) is 0 Å². The first-order valence-electron chi connectivity index (χ1n) is 9.41. The number of nitrogens with two attached hydrogens (primary N) is 1. The molecule has 4 N–H and O–H groups in total. The fourth-order valence-corrected chi connectivity index (χ4v) is 3.19. The van der Waals surface area contributed by atoms with E-state index in [9.17, 15) is 8.96 Å². The molecule has 0 saturated heterocycles. The predicted octanol–water partition coefficient (Wildman–Crippen LogP) is 4.30. The highest BCUT2D eigenvalue weighted by atomic mass is 31.2. The third-order valence-corrected chi connectivity index (χ3v) is 5.01. The minimum absolute atomic E-state index is 0.250. The highest BCUT2D eigenvalue weighted by Gasteiger charge is 2.29. The van der Waals surface area contributed by atoms with Gasteiger partial charge in [-0.2, -0.15) is 0 Å². The molecule has 1 rings (SSSR count). The number of phosphoric acid groups is 1. The first kappa shape index (κ1) is 23.3. The summed E-state index contributed by atoms with van der Waals surface area (Å²) in [5, 5.41) is 0. The van der Waals surface area contributed by atoms with Crippen molar-refractivity contribution in [1.82, 2.24) is 0 Å². The average Bonchev–Trinajstić information content (AvgIpc) is 2.61. The molecule has 0 fully saturated rings. The molecule has 0 saturated carbocycles. The van der Waals surface area contributed by atoms with E-state index in [0.717, 1.165) is 12.0 Å². The van der Waals surface area contributed by atoms with Crippen molar-refractivity contribution < 1.29 is 23.3 Å². The van der Waals surface area contributed by atoms with Crippen LogP contribution in [0.15, 0.2) is 24.3 Å². The molecule has 1 atom stereocenters. The van der Waals surface area contributed by atoms with Gasteiger partial charge in [-0.3, -0.25) is 4.52 Å². The Balaban J connectivity index is 2.37. The molecule has 0 aliphatic heterocycles. The zero-order chi connectivity index (χ0) is 19.5.